The molecule has 1 aliphatic rings. The van der Waals surface area contributed by atoms with Gasteiger partial charge in [0, 0.05) is 12.3 Å². The van der Waals surface area contributed by atoms with E-state index in [0.717, 1.165) is 44.9 Å². The second-order valence-electron chi connectivity index (χ2n) is 7.69. The van der Waals surface area contributed by atoms with Gasteiger partial charge in [-0.1, -0.05) is 57.6 Å². The molecule has 158 valence electrons. The Hall–Kier alpha value is -0.950. The molecule has 0 spiro atoms. The Morgan fingerprint density at radius 2 is 1.70 bits per heavy atom. The molecule has 0 heterocycles. The zero-order valence-electron chi connectivity index (χ0n) is 16.8. The van der Waals surface area contributed by atoms with E-state index in [-0.39, 0.29) is 17.8 Å². The van der Waals surface area contributed by atoms with Gasteiger partial charge in [0.1, 0.15) is 6.10 Å². The monoisotopic (exact) mass is 386 g/mol. The molecule has 27 heavy (non-hydrogen) atoms. The van der Waals surface area contributed by atoms with Gasteiger partial charge < -0.3 is 25.2 Å². The second-order valence-corrected chi connectivity index (χ2v) is 7.69. The van der Waals surface area contributed by atoms with Crippen LogP contribution in [-0.2, 0) is 9.53 Å². The van der Waals surface area contributed by atoms with Crippen LogP contribution in [0.4, 0.5) is 0 Å². The predicted octanol–water partition coefficient (Wildman–Crippen LogP) is 2.33. The molecule has 0 unspecified atom stereocenters. The van der Waals surface area contributed by atoms with E-state index in [4.69, 9.17) is 0 Å². The third-order valence-electron chi connectivity index (χ3n) is 5.58. The van der Waals surface area contributed by atoms with Crippen LogP contribution in [0.25, 0.3) is 0 Å². The summed E-state index contributed by atoms with van der Waals surface area (Å²) >= 11 is 0. The van der Waals surface area contributed by atoms with Crippen molar-refractivity contribution in [1.29, 1.82) is 0 Å². The van der Waals surface area contributed by atoms with Crippen molar-refractivity contribution in [3.63, 3.8) is 0 Å². The molecule has 0 aliphatic heterocycles. The molecule has 0 aromatic rings. The van der Waals surface area contributed by atoms with E-state index < -0.39 is 24.4 Å². The first-order valence-electron chi connectivity index (χ1n) is 10.4. The van der Waals surface area contributed by atoms with E-state index in [2.05, 4.69) is 11.7 Å². The Morgan fingerprint density at radius 1 is 1.00 bits per heavy atom. The minimum absolute atomic E-state index is 0.199. The fourth-order valence-electron chi connectivity index (χ4n) is 3.84. The van der Waals surface area contributed by atoms with Gasteiger partial charge in [-0.25, -0.2) is 0 Å². The molecule has 1 rings (SSSR count). The van der Waals surface area contributed by atoms with E-state index in [1.807, 2.05) is 0 Å². The lowest BCUT2D eigenvalue weighted by atomic mass is 9.88. The summed E-state index contributed by atoms with van der Waals surface area (Å²) in [5, 5.41) is 40.6. The van der Waals surface area contributed by atoms with E-state index in [1.165, 1.54) is 7.11 Å². The first-order valence-corrected chi connectivity index (χ1v) is 10.4. The summed E-state index contributed by atoms with van der Waals surface area (Å²) in [4.78, 5) is 11.1. The van der Waals surface area contributed by atoms with Crippen LogP contribution in [-0.4, -0.2) is 57.9 Å². The lowest BCUT2D eigenvalue weighted by molar-refractivity contribution is -0.140. The van der Waals surface area contributed by atoms with Crippen LogP contribution in [0, 0.1) is 11.8 Å². The first kappa shape index (κ1) is 24.1. The summed E-state index contributed by atoms with van der Waals surface area (Å²) in [7, 11) is 1.38. The quantitative estimate of drug-likeness (QED) is 0.220. The number of aliphatic hydroxyl groups excluding tert-OH is 4. The standard InChI is InChI=1S/C21H38O6/c1-3-4-7-10-15(22)13-14-17-16(19(24)21(26)20(17)25)11-8-5-6-9-12-18(23)27-2/h13-17,19-22,24-26H,3-12H2,1-2H3/b14-13+/t15-,16+,17+,19+,20-,21+/m0/s1. The van der Waals surface area contributed by atoms with Crippen LogP contribution >= 0.6 is 0 Å². The van der Waals surface area contributed by atoms with Crippen molar-refractivity contribution < 1.29 is 30.0 Å². The van der Waals surface area contributed by atoms with Crippen molar-refractivity contribution >= 4 is 5.97 Å². The molecule has 0 aromatic carbocycles. The minimum atomic E-state index is -1.15. The fourth-order valence-corrected chi connectivity index (χ4v) is 3.84. The van der Waals surface area contributed by atoms with Crippen LogP contribution in [0.1, 0.15) is 71.1 Å². The minimum Gasteiger partial charge on any atom is -0.469 e. The molecule has 0 amide bonds. The summed E-state index contributed by atoms with van der Waals surface area (Å²) < 4.78 is 4.61. The maximum Gasteiger partial charge on any atom is 0.305 e. The SMILES string of the molecule is CCCCC[C@H](O)/C=C/[C@H]1[C@H](O)[C@H](O)[C@H](O)[C@@H]1CCCCCCC(=O)OC. The number of rotatable bonds is 13. The number of methoxy groups -OCH3 is 1. The average Bonchev–Trinajstić information content (AvgIpc) is 2.86. The first-order chi connectivity index (χ1) is 12.9. The molecular formula is C21H38O6. The van der Waals surface area contributed by atoms with Crippen LogP contribution in [0.2, 0.25) is 0 Å². The molecule has 1 saturated carbocycles. The van der Waals surface area contributed by atoms with Gasteiger partial charge in [-0.2, -0.15) is 0 Å². The zero-order chi connectivity index (χ0) is 20.2. The van der Waals surface area contributed by atoms with Crippen molar-refractivity contribution in [3.8, 4) is 0 Å². The highest BCUT2D eigenvalue weighted by Crippen LogP contribution is 2.37. The molecule has 0 bridgehead atoms. The van der Waals surface area contributed by atoms with Crippen LogP contribution in [0.3, 0.4) is 0 Å². The third kappa shape index (κ3) is 8.30. The Balaban J connectivity index is 2.45. The molecule has 1 fully saturated rings. The van der Waals surface area contributed by atoms with Crippen molar-refractivity contribution in [3.05, 3.63) is 12.2 Å². The number of carbonyl (C=O) groups excluding carboxylic acids is 1. The van der Waals surface area contributed by atoms with Crippen LogP contribution in [0.5, 0.6) is 0 Å². The van der Waals surface area contributed by atoms with Gasteiger partial charge >= 0.3 is 5.97 Å². The topological polar surface area (TPSA) is 107 Å². The number of carbonyl (C=O) groups is 1. The molecule has 4 N–H and O–H groups in total. The molecule has 6 nitrogen and oxygen atoms in total. The average molecular weight is 387 g/mol. The van der Waals surface area contributed by atoms with E-state index in [1.54, 1.807) is 12.2 Å². The fraction of sp³-hybridized carbons (Fsp3) is 0.857. The van der Waals surface area contributed by atoms with E-state index in [0.29, 0.717) is 19.3 Å². The van der Waals surface area contributed by atoms with Gasteiger partial charge in [0.05, 0.1) is 25.4 Å². The van der Waals surface area contributed by atoms with Crippen molar-refractivity contribution in [2.45, 2.75) is 95.5 Å². The predicted molar refractivity (Wildman–Crippen MR) is 104 cm³/mol. The van der Waals surface area contributed by atoms with Gasteiger partial charge in [0.2, 0.25) is 0 Å². The number of hydrogen-bond donors (Lipinski definition) is 4. The summed E-state index contributed by atoms with van der Waals surface area (Å²) in [6, 6.07) is 0. The summed E-state index contributed by atoms with van der Waals surface area (Å²) in [5.74, 6) is -0.782. The molecule has 6 atom stereocenters. The smallest absolute Gasteiger partial charge is 0.305 e. The van der Waals surface area contributed by atoms with Gasteiger partial charge in [-0.05, 0) is 25.2 Å². The normalized spacial score (nSPS) is 29.3. The summed E-state index contributed by atoms with van der Waals surface area (Å²) in [6.07, 6.45) is 8.15. The number of aliphatic hydroxyl groups is 4. The van der Waals surface area contributed by atoms with Gasteiger partial charge in [-0.3, -0.25) is 4.79 Å². The number of unbranched alkanes of at least 4 members (excludes halogenated alkanes) is 5. The van der Waals surface area contributed by atoms with Crippen molar-refractivity contribution in [2.75, 3.05) is 7.11 Å². The summed E-state index contributed by atoms with van der Waals surface area (Å²) in [6.45, 7) is 2.11. The van der Waals surface area contributed by atoms with Crippen LogP contribution in [0.15, 0.2) is 12.2 Å². The number of ether oxygens (including phenoxy) is 1. The maximum absolute atomic E-state index is 11.1. The molecule has 0 radical (unpaired) electrons. The Morgan fingerprint density at radius 3 is 2.37 bits per heavy atom. The number of hydrogen-bond acceptors (Lipinski definition) is 6. The van der Waals surface area contributed by atoms with E-state index in [9.17, 15) is 25.2 Å². The molecule has 0 saturated heterocycles. The van der Waals surface area contributed by atoms with E-state index >= 15 is 0 Å². The highest BCUT2D eigenvalue weighted by atomic mass is 16.5. The Bertz CT molecular complexity index is 438. The molecule has 1 aliphatic carbocycles. The van der Waals surface area contributed by atoms with Gasteiger partial charge in [-0.15, -0.1) is 0 Å². The highest BCUT2D eigenvalue weighted by molar-refractivity contribution is 5.68. The van der Waals surface area contributed by atoms with Gasteiger partial charge in [0.15, 0.2) is 0 Å². The van der Waals surface area contributed by atoms with Crippen LogP contribution < -0.4 is 0 Å². The molecule has 0 aromatic heterocycles. The number of esters is 1. The lowest BCUT2D eigenvalue weighted by Crippen LogP contribution is -2.30. The van der Waals surface area contributed by atoms with Gasteiger partial charge in [0.25, 0.3) is 0 Å². The summed E-state index contributed by atoms with van der Waals surface area (Å²) in [5.41, 5.74) is 0. The molecular weight excluding hydrogens is 348 g/mol. The second kappa shape index (κ2) is 13.3. The largest absolute Gasteiger partial charge is 0.469 e. The lowest BCUT2D eigenvalue weighted by Gasteiger charge is -2.20. The van der Waals surface area contributed by atoms with Crippen molar-refractivity contribution in [2.24, 2.45) is 11.8 Å². The molecule has 6 heteroatoms. The Labute approximate surface area is 163 Å². The third-order valence-corrected chi connectivity index (χ3v) is 5.58. The zero-order valence-corrected chi connectivity index (χ0v) is 16.8. The van der Waals surface area contributed by atoms with Crippen molar-refractivity contribution in [1.82, 2.24) is 0 Å². The maximum atomic E-state index is 11.1. The Kier molecular flexibility index (Phi) is 11.8. The highest BCUT2D eigenvalue weighted by Gasteiger charge is 2.46.